The lowest BCUT2D eigenvalue weighted by Crippen LogP contribution is -2.20. The first-order chi connectivity index (χ1) is 8.79. The smallest absolute Gasteiger partial charge is 0.162 e. The van der Waals surface area contributed by atoms with Crippen molar-refractivity contribution in [2.24, 2.45) is 0 Å². The quantitative estimate of drug-likeness (QED) is 0.739. The third-order valence-electron chi connectivity index (χ3n) is 3.62. The predicted octanol–water partition coefficient (Wildman–Crippen LogP) is 3.78. The highest BCUT2D eigenvalue weighted by atomic mass is 16.5. The lowest BCUT2D eigenvalue weighted by molar-refractivity contribution is 0.0104. The standard InChI is InChI=1S/C16H22O2/c1-2-13-6-5-7-14(12-13)16(17)10-9-15-8-3-4-11-18-15/h5-7,12,15H,2-4,8-11H2,1H3. The van der Waals surface area contributed by atoms with Crippen LogP contribution in [-0.2, 0) is 11.2 Å². The van der Waals surface area contributed by atoms with Crippen molar-refractivity contribution in [1.29, 1.82) is 0 Å². The Labute approximate surface area is 109 Å². The first-order valence-corrected chi connectivity index (χ1v) is 7.03. The molecule has 1 fully saturated rings. The van der Waals surface area contributed by atoms with E-state index >= 15 is 0 Å². The molecule has 0 bridgehead atoms. The molecule has 18 heavy (non-hydrogen) atoms. The SMILES string of the molecule is CCc1cccc(C(=O)CCC2CCCCO2)c1. The second kappa shape index (κ2) is 6.69. The van der Waals surface area contributed by atoms with Gasteiger partial charge in [0, 0.05) is 18.6 Å². The number of hydrogen-bond acceptors (Lipinski definition) is 2. The van der Waals surface area contributed by atoms with Gasteiger partial charge >= 0.3 is 0 Å². The van der Waals surface area contributed by atoms with Gasteiger partial charge in [-0.3, -0.25) is 4.79 Å². The number of benzene rings is 1. The Morgan fingerprint density at radius 2 is 2.28 bits per heavy atom. The van der Waals surface area contributed by atoms with Crippen LogP contribution in [-0.4, -0.2) is 18.5 Å². The van der Waals surface area contributed by atoms with Crippen molar-refractivity contribution in [2.75, 3.05) is 6.61 Å². The van der Waals surface area contributed by atoms with E-state index in [1.165, 1.54) is 18.4 Å². The van der Waals surface area contributed by atoms with E-state index < -0.39 is 0 Å². The Bertz CT molecular complexity index is 392. The van der Waals surface area contributed by atoms with Crippen LogP contribution in [0.15, 0.2) is 24.3 Å². The molecule has 2 heteroatoms. The molecular formula is C16H22O2. The summed E-state index contributed by atoms with van der Waals surface area (Å²) in [6.07, 6.45) is 6.28. The normalized spacial score (nSPS) is 19.7. The molecule has 0 saturated carbocycles. The second-order valence-electron chi connectivity index (χ2n) is 5.00. The van der Waals surface area contributed by atoms with Crippen LogP contribution in [0.5, 0.6) is 0 Å². The van der Waals surface area contributed by atoms with E-state index in [4.69, 9.17) is 4.74 Å². The fourth-order valence-electron chi connectivity index (χ4n) is 2.44. The van der Waals surface area contributed by atoms with E-state index in [2.05, 4.69) is 13.0 Å². The zero-order chi connectivity index (χ0) is 12.8. The van der Waals surface area contributed by atoms with Crippen LogP contribution in [0.2, 0.25) is 0 Å². The molecule has 0 aromatic heterocycles. The highest BCUT2D eigenvalue weighted by molar-refractivity contribution is 5.96. The van der Waals surface area contributed by atoms with Gasteiger partial charge in [-0.25, -0.2) is 0 Å². The number of carbonyl (C=O) groups excluding carboxylic acids is 1. The van der Waals surface area contributed by atoms with Gasteiger partial charge in [0.2, 0.25) is 0 Å². The molecule has 1 unspecified atom stereocenters. The van der Waals surface area contributed by atoms with E-state index in [9.17, 15) is 4.79 Å². The van der Waals surface area contributed by atoms with Crippen LogP contribution in [0, 0.1) is 0 Å². The topological polar surface area (TPSA) is 26.3 Å². The maximum atomic E-state index is 12.1. The van der Waals surface area contributed by atoms with E-state index in [-0.39, 0.29) is 5.78 Å². The summed E-state index contributed by atoms with van der Waals surface area (Å²) in [6.45, 7) is 2.98. The van der Waals surface area contributed by atoms with Gasteiger partial charge < -0.3 is 4.74 Å². The van der Waals surface area contributed by atoms with Crippen LogP contribution >= 0.6 is 0 Å². The Kier molecular flexibility index (Phi) is 4.94. The van der Waals surface area contributed by atoms with Gasteiger partial charge in [0.15, 0.2) is 5.78 Å². The highest BCUT2D eigenvalue weighted by Crippen LogP contribution is 2.18. The van der Waals surface area contributed by atoms with Crippen molar-refractivity contribution in [3.8, 4) is 0 Å². The zero-order valence-electron chi connectivity index (χ0n) is 11.2. The van der Waals surface area contributed by atoms with E-state index in [0.29, 0.717) is 12.5 Å². The molecule has 2 rings (SSSR count). The Morgan fingerprint density at radius 1 is 1.39 bits per heavy atom. The van der Waals surface area contributed by atoms with Crippen molar-refractivity contribution >= 4 is 5.78 Å². The van der Waals surface area contributed by atoms with Crippen LogP contribution in [0.1, 0.15) is 54.9 Å². The van der Waals surface area contributed by atoms with E-state index in [0.717, 1.165) is 31.4 Å². The summed E-state index contributed by atoms with van der Waals surface area (Å²) in [6, 6.07) is 7.98. The molecule has 0 N–H and O–H groups in total. The van der Waals surface area contributed by atoms with Crippen molar-refractivity contribution < 1.29 is 9.53 Å². The van der Waals surface area contributed by atoms with Crippen LogP contribution in [0.4, 0.5) is 0 Å². The zero-order valence-corrected chi connectivity index (χ0v) is 11.2. The summed E-state index contributed by atoms with van der Waals surface area (Å²) < 4.78 is 5.66. The number of rotatable bonds is 5. The molecule has 1 atom stereocenters. The molecule has 98 valence electrons. The van der Waals surface area contributed by atoms with Crippen molar-refractivity contribution in [2.45, 2.75) is 51.6 Å². The maximum absolute atomic E-state index is 12.1. The largest absolute Gasteiger partial charge is 0.378 e. The number of carbonyl (C=O) groups is 1. The Morgan fingerprint density at radius 3 is 3.00 bits per heavy atom. The highest BCUT2D eigenvalue weighted by Gasteiger charge is 2.16. The van der Waals surface area contributed by atoms with Gasteiger partial charge in [0.1, 0.15) is 0 Å². The van der Waals surface area contributed by atoms with E-state index in [1.807, 2.05) is 18.2 Å². The van der Waals surface area contributed by atoms with Gasteiger partial charge in [-0.15, -0.1) is 0 Å². The van der Waals surface area contributed by atoms with E-state index in [1.54, 1.807) is 0 Å². The average molecular weight is 246 g/mol. The van der Waals surface area contributed by atoms with Crippen molar-refractivity contribution in [1.82, 2.24) is 0 Å². The summed E-state index contributed by atoms with van der Waals surface area (Å²) in [5, 5.41) is 0. The Balaban J connectivity index is 1.86. The van der Waals surface area contributed by atoms with Crippen LogP contribution in [0.25, 0.3) is 0 Å². The summed E-state index contributed by atoms with van der Waals surface area (Å²) in [4.78, 5) is 12.1. The minimum Gasteiger partial charge on any atom is -0.378 e. The van der Waals surface area contributed by atoms with Gasteiger partial charge in [0.25, 0.3) is 0 Å². The minimum atomic E-state index is 0.250. The molecule has 1 aliphatic heterocycles. The summed E-state index contributed by atoms with van der Waals surface area (Å²) in [5.74, 6) is 0.250. The summed E-state index contributed by atoms with van der Waals surface area (Å²) in [7, 11) is 0. The molecule has 0 spiro atoms. The number of ketones is 1. The predicted molar refractivity (Wildman–Crippen MR) is 73.0 cm³/mol. The first kappa shape index (κ1) is 13.3. The number of Topliss-reactive ketones (excluding diaryl/α,β-unsaturated/α-hetero) is 1. The Hall–Kier alpha value is -1.15. The molecular weight excluding hydrogens is 224 g/mol. The molecule has 2 nitrogen and oxygen atoms in total. The molecule has 1 aromatic rings. The molecule has 1 heterocycles. The van der Waals surface area contributed by atoms with Gasteiger partial charge in [-0.05, 0) is 43.7 Å². The summed E-state index contributed by atoms with van der Waals surface area (Å²) >= 11 is 0. The van der Waals surface area contributed by atoms with Crippen molar-refractivity contribution in [3.05, 3.63) is 35.4 Å². The number of aryl methyl sites for hydroxylation is 1. The fraction of sp³-hybridized carbons (Fsp3) is 0.562. The average Bonchev–Trinajstić information content (AvgIpc) is 2.46. The third kappa shape index (κ3) is 3.67. The third-order valence-corrected chi connectivity index (χ3v) is 3.62. The summed E-state index contributed by atoms with van der Waals surface area (Å²) in [5.41, 5.74) is 2.08. The molecule has 0 radical (unpaired) electrons. The fourth-order valence-corrected chi connectivity index (χ4v) is 2.44. The molecule has 1 aliphatic rings. The second-order valence-corrected chi connectivity index (χ2v) is 5.00. The lowest BCUT2D eigenvalue weighted by atomic mass is 9.99. The maximum Gasteiger partial charge on any atom is 0.162 e. The monoisotopic (exact) mass is 246 g/mol. The first-order valence-electron chi connectivity index (χ1n) is 7.03. The minimum absolute atomic E-state index is 0.250. The van der Waals surface area contributed by atoms with Crippen LogP contribution < -0.4 is 0 Å². The molecule has 0 aliphatic carbocycles. The lowest BCUT2D eigenvalue weighted by Gasteiger charge is -2.22. The van der Waals surface area contributed by atoms with Gasteiger partial charge in [-0.1, -0.05) is 25.1 Å². The van der Waals surface area contributed by atoms with Crippen LogP contribution in [0.3, 0.4) is 0 Å². The van der Waals surface area contributed by atoms with Crippen molar-refractivity contribution in [3.63, 3.8) is 0 Å². The molecule has 1 aromatic carbocycles. The number of ether oxygens (including phenoxy) is 1. The number of hydrogen-bond donors (Lipinski definition) is 0. The molecule has 1 saturated heterocycles. The van der Waals surface area contributed by atoms with Gasteiger partial charge in [0.05, 0.1) is 6.10 Å². The molecule has 0 amide bonds. The van der Waals surface area contributed by atoms with Gasteiger partial charge in [-0.2, -0.15) is 0 Å².